The molecule has 24 heavy (non-hydrogen) atoms. The van der Waals surface area contributed by atoms with E-state index < -0.39 is 11.9 Å². The Hall–Kier alpha value is -2.53. The van der Waals surface area contributed by atoms with Gasteiger partial charge in [0.25, 0.3) is 0 Å². The third-order valence-corrected chi connectivity index (χ3v) is 3.60. The number of rotatable bonds is 5. The molecule has 0 radical (unpaired) electrons. The second-order valence-electron chi connectivity index (χ2n) is 4.64. The minimum Gasteiger partial charge on any atom is -0.261 e. The average Bonchev–Trinajstić information content (AvgIpc) is 2.54. The van der Waals surface area contributed by atoms with Gasteiger partial charge in [0.05, 0.1) is 12.0 Å². The molecule has 0 spiro atoms. The van der Waals surface area contributed by atoms with Crippen molar-refractivity contribution in [1.82, 2.24) is 9.97 Å². The highest BCUT2D eigenvalue weighted by Gasteiger charge is 2.33. The van der Waals surface area contributed by atoms with Crippen molar-refractivity contribution in [2.24, 2.45) is 5.10 Å². The van der Waals surface area contributed by atoms with Crippen molar-refractivity contribution in [2.45, 2.75) is 18.3 Å². The Balaban J connectivity index is 2.22. The van der Waals surface area contributed by atoms with Gasteiger partial charge in [-0.05, 0) is 18.1 Å². The Bertz CT molecular complexity index is 782. The molecule has 124 valence electrons. The van der Waals surface area contributed by atoms with Crippen molar-refractivity contribution >= 4 is 23.8 Å². The van der Waals surface area contributed by atoms with Gasteiger partial charge in [-0.1, -0.05) is 41.9 Å². The van der Waals surface area contributed by atoms with Gasteiger partial charge >= 0.3 is 6.18 Å². The maximum atomic E-state index is 12.9. The summed E-state index contributed by atoms with van der Waals surface area (Å²) < 4.78 is 38.7. The van der Waals surface area contributed by atoms with E-state index in [1.807, 2.05) is 31.2 Å². The first-order valence-corrected chi connectivity index (χ1v) is 7.76. The normalized spacial score (nSPS) is 11.5. The summed E-state index contributed by atoms with van der Waals surface area (Å²) in [5.41, 5.74) is 3.29. The molecule has 0 unspecified atom stereocenters. The van der Waals surface area contributed by atoms with E-state index in [0.717, 1.165) is 29.0 Å². The molecule has 2 rings (SSSR count). The molecule has 0 amide bonds. The van der Waals surface area contributed by atoms with Crippen molar-refractivity contribution in [3.05, 3.63) is 47.2 Å². The van der Waals surface area contributed by atoms with E-state index in [9.17, 15) is 13.2 Å². The van der Waals surface area contributed by atoms with Crippen LogP contribution in [-0.4, -0.2) is 21.9 Å². The fourth-order valence-corrected chi connectivity index (χ4v) is 2.24. The zero-order valence-electron chi connectivity index (χ0n) is 12.6. The highest BCUT2D eigenvalue weighted by atomic mass is 32.2. The molecule has 1 aromatic heterocycles. The monoisotopic (exact) mass is 350 g/mol. The largest absolute Gasteiger partial charge is 0.433 e. The van der Waals surface area contributed by atoms with Crippen LogP contribution in [0.2, 0.25) is 0 Å². The Morgan fingerprint density at radius 1 is 1.33 bits per heavy atom. The second-order valence-corrected chi connectivity index (χ2v) is 5.58. The number of hydrogen-bond acceptors (Lipinski definition) is 5. The summed E-state index contributed by atoms with van der Waals surface area (Å²) in [4.78, 5) is 7.43. The van der Waals surface area contributed by atoms with Gasteiger partial charge in [0.2, 0.25) is 0 Å². The fraction of sp³-hybridized carbons (Fsp3) is 0.188. The maximum absolute atomic E-state index is 12.9. The highest BCUT2D eigenvalue weighted by molar-refractivity contribution is 7.99. The molecule has 0 aliphatic carbocycles. The van der Waals surface area contributed by atoms with Crippen molar-refractivity contribution in [2.75, 3.05) is 11.2 Å². The molecule has 8 heteroatoms. The number of anilines is 1. The van der Waals surface area contributed by atoms with E-state index in [-0.39, 0.29) is 16.7 Å². The van der Waals surface area contributed by atoms with Gasteiger partial charge < -0.3 is 0 Å². The molecule has 0 fully saturated rings. The second kappa shape index (κ2) is 7.84. The lowest BCUT2D eigenvalue weighted by Gasteiger charge is -2.09. The Labute approximate surface area is 141 Å². The standard InChI is InChI=1S/C16H13F3N4S/c1-3-8-24-15-21-13(16(17,18)19)9-14(22-15)23-20-10-12-7-5-4-6-11(12)2/h1,4-7,9-10H,8H2,2H3,(H,21,22,23)/b20-10+. The van der Waals surface area contributed by atoms with E-state index in [2.05, 4.69) is 26.4 Å². The van der Waals surface area contributed by atoms with Crippen LogP contribution in [0.4, 0.5) is 19.0 Å². The molecular formula is C16H13F3N4S. The number of hydrogen-bond donors (Lipinski definition) is 1. The number of nitrogens with one attached hydrogen (secondary N) is 1. The predicted octanol–water partition coefficient (Wildman–Crippen LogP) is 3.98. The number of alkyl halides is 3. The zero-order valence-corrected chi connectivity index (χ0v) is 13.4. The van der Waals surface area contributed by atoms with E-state index in [1.54, 1.807) is 0 Å². The smallest absolute Gasteiger partial charge is 0.261 e. The minimum absolute atomic E-state index is 0.0540. The molecule has 0 saturated carbocycles. The lowest BCUT2D eigenvalue weighted by Crippen LogP contribution is -2.10. The lowest BCUT2D eigenvalue weighted by atomic mass is 10.1. The molecule has 0 atom stereocenters. The number of benzene rings is 1. The molecule has 0 aliphatic rings. The van der Waals surface area contributed by atoms with Crippen LogP contribution in [0, 0.1) is 19.3 Å². The highest BCUT2D eigenvalue weighted by Crippen LogP contribution is 2.30. The molecule has 4 nitrogen and oxygen atoms in total. The first kappa shape index (κ1) is 17.8. The number of aromatic nitrogens is 2. The molecule has 1 heterocycles. The molecule has 0 saturated heterocycles. The zero-order chi connectivity index (χ0) is 17.6. The minimum atomic E-state index is -4.58. The van der Waals surface area contributed by atoms with Crippen molar-refractivity contribution in [3.63, 3.8) is 0 Å². The molecule has 0 aliphatic heterocycles. The summed E-state index contributed by atoms with van der Waals surface area (Å²) in [6.45, 7) is 1.91. The van der Waals surface area contributed by atoms with Gasteiger partial charge in [-0.3, -0.25) is 5.43 Å². The fourth-order valence-electron chi connectivity index (χ4n) is 1.70. The van der Waals surface area contributed by atoms with Gasteiger partial charge in [-0.15, -0.1) is 6.42 Å². The topological polar surface area (TPSA) is 50.2 Å². The number of thioether (sulfide) groups is 1. The number of nitrogens with zero attached hydrogens (tertiary/aromatic N) is 3. The summed E-state index contributed by atoms with van der Waals surface area (Å²) >= 11 is 0.947. The van der Waals surface area contributed by atoms with E-state index in [1.165, 1.54) is 6.21 Å². The van der Waals surface area contributed by atoms with Crippen LogP contribution in [0.3, 0.4) is 0 Å². The summed E-state index contributed by atoms with van der Waals surface area (Å²) in [5, 5.41) is 3.88. The summed E-state index contributed by atoms with van der Waals surface area (Å²) in [5.74, 6) is 2.44. The van der Waals surface area contributed by atoms with Crippen LogP contribution >= 0.6 is 11.8 Å². The van der Waals surface area contributed by atoms with Gasteiger partial charge in [0.15, 0.2) is 16.7 Å². The SMILES string of the molecule is C#CCSc1nc(N/N=C/c2ccccc2C)cc(C(F)(F)F)n1. The van der Waals surface area contributed by atoms with Gasteiger partial charge in [-0.2, -0.15) is 18.3 Å². The number of halogens is 3. The number of terminal acetylenes is 1. The Kier molecular flexibility index (Phi) is 5.82. The van der Waals surface area contributed by atoms with Crippen molar-refractivity contribution < 1.29 is 13.2 Å². The predicted molar refractivity (Wildman–Crippen MR) is 89.0 cm³/mol. The third kappa shape index (κ3) is 4.99. The molecule has 1 aromatic carbocycles. The Morgan fingerprint density at radius 3 is 2.75 bits per heavy atom. The van der Waals surface area contributed by atoms with Gasteiger partial charge in [-0.25, -0.2) is 9.97 Å². The van der Waals surface area contributed by atoms with Gasteiger partial charge in [0.1, 0.15) is 0 Å². The van der Waals surface area contributed by atoms with Crippen molar-refractivity contribution in [3.8, 4) is 12.3 Å². The lowest BCUT2D eigenvalue weighted by molar-refractivity contribution is -0.141. The molecule has 0 bridgehead atoms. The van der Waals surface area contributed by atoms with Crippen LogP contribution in [-0.2, 0) is 6.18 Å². The van der Waals surface area contributed by atoms with Crippen molar-refractivity contribution in [1.29, 1.82) is 0 Å². The van der Waals surface area contributed by atoms with Gasteiger partial charge in [0, 0.05) is 6.07 Å². The first-order valence-electron chi connectivity index (χ1n) is 6.77. The van der Waals surface area contributed by atoms with E-state index in [0.29, 0.717) is 0 Å². The molecular weight excluding hydrogens is 337 g/mol. The summed E-state index contributed by atoms with van der Waals surface area (Å²) in [6, 6.07) is 8.28. The van der Waals surface area contributed by atoms with Crippen LogP contribution in [0.1, 0.15) is 16.8 Å². The quantitative estimate of drug-likeness (QED) is 0.291. The number of hydrazone groups is 1. The first-order chi connectivity index (χ1) is 11.4. The van der Waals surface area contributed by atoms with Crippen LogP contribution in [0.15, 0.2) is 40.6 Å². The third-order valence-electron chi connectivity index (χ3n) is 2.85. The van der Waals surface area contributed by atoms with E-state index >= 15 is 0 Å². The number of aryl methyl sites for hydroxylation is 1. The van der Waals surface area contributed by atoms with E-state index in [4.69, 9.17) is 6.42 Å². The molecule has 1 N–H and O–H groups in total. The average molecular weight is 350 g/mol. The van der Waals surface area contributed by atoms with Crippen LogP contribution in [0.5, 0.6) is 0 Å². The van der Waals surface area contributed by atoms with Crippen LogP contribution in [0.25, 0.3) is 0 Å². The summed E-state index contributed by atoms with van der Waals surface area (Å²) in [7, 11) is 0. The van der Waals surface area contributed by atoms with Crippen LogP contribution < -0.4 is 5.43 Å². The Morgan fingerprint density at radius 2 is 2.08 bits per heavy atom. The maximum Gasteiger partial charge on any atom is 0.433 e. The summed E-state index contributed by atoms with van der Waals surface area (Å²) in [6.07, 6.45) is 2.04. The molecule has 2 aromatic rings.